The SMILES string of the molecule is CC1CO1.Cc1cccc(CC2(c3cccc(C)c3)C(=O)Nc3ccccc32)c1.Cc1cccc(CC2(c3cccc(C)c3)CN(C[C@@H](O)C(F)(F)F)c3ccccc32)c1. The lowest BCUT2D eigenvalue weighted by molar-refractivity contribution is -0.200. The summed E-state index contributed by atoms with van der Waals surface area (Å²) in [6.07, 6.45) is -5.15. The van der Waals surface area contributed by atoms with Crippen LogP contribution >= 0.6 is 0 Å². The highest BCUT2D eigenvalue weighted by Crippen LogP contribution is 2.48. The number of epoxide rings is 1. The molecular formula is C52H53F3N2O3. The summed E-state index contributed by atoms with van der Waals surface area (Å²) < 4.78 is 44.2. The van der Waals surface area contributed by atoms with Gasteiger partial charge in [-0.15, -0.1) is 0 Å². The van der Waals surface area contributed by atoms with Gasteiger partial charge < -0.3 is 20.1 Å². The highest BCUT2D eigenvalue weighted by molar-refractivity contribution is 6.09. The monoisotopic (exact) mass is 810 g/mol. The first-order chi connectivity index (χ1) is 28.7. The van der Waals surface area contributed by atoms with E-state index in [0.717, 1.165) is 56.9 Å². The van der Waals surface area contributed by atoms with E-state index >= 15 is 0 Å². The summed E-state index contributed by atoms with van der Waals surface area (Å²) in [7, 11) is 0. The fraction of sp³-hybridized carbons (Fsp3) is 0.288. The molecule has 0 radical (unpaired) electrons. The Balaban J connectivity index is 0.000000169. The summed E-state index contributed by atoms with van der Waals surface area (Å²) in [5.41, 5.74) is 11.6. The number of hydrogen-bond acceptors (Lipinski definition) is 4. The van der Waals surface area contributed by atoms with E-state index in [1.165, 1.54) is 16.7 Å². The van der Waals surface area contributed by atoms with Crippen LogP contribution in [0.1, 0.15) is 62.6 Å². The first-order valence-electron chi connectivity index (χ1n) is 20.6. The topological polar surface area (TPSA) is 65.1 Å². The maximum Gasteiger partial charge on any atom is 0.416 e. The third-order valence-electron chi connectivity index (χ3n) is 11.7. The van der Waals surface area contributed by atoms with Crippen LogP contribution in [0.25, 0.3) is 0 Å². The van der Waals surface area contributed by atoms with Crippen molar-refractivity contribution in [2.45, 2.75) is 76.7 Å². The lowest BCUT2D eigenvalue weighted by Gasteiger charge is -2.33. The fourth-order valence-electron chi connectivity index (χ4n) is 8.75. The molecule has 310 valence electrons. The van der Waals surface area contributed by atoms with Gasteiger partial charge in [-0.05, 0) is 93.0 Å². The van der Waals surface area contributed by atoms with Crippen molar-refractivity contribution in [3.8, 4) is 0 Å². The van der Waals surface area contributed by atoms with Crippen LogP contribution in [0.15, 0.2) is 146 Å². The van der Waals surface area contributed by atoms with E-state index in [0.29, 0.717) is 25.5 Å². The van der Waals surface area contributed by atoms with Crippen molar-refractivity contribution in [1.29, 1.82) is 0 Å². The number of aliphatic hydroxyl groups is 1. The second-order valence-corrected chi connectivity index (χ2v) is 16.7. The summed E-state index contributed by atoms with van der Waals surface area (Å²) in [6.45, 7) is 11.2. The van der Waals surface area contributed by atoms with Crippen LogP contribution in [0.2, 0.25) is 0 Å². The van der Waals surface area contributed by atoms with Gasteiger partial charge in [0.05, 0.1) is 19.3 Å². The minimum Gasteiger partial charge on any atom is -0.382 e. The van der Waals surface area contributed by atoms with Crippen LogP contribution in [-0.2, 0) is 33.2 Å². The number of β-amino-alcohol motifs (C(OH)–C–C–N with tert-alkyl or cyclic N) is 1. The molecule has 1 fully saturated rings. The number of aliphatic hydroxyl groups excluding tert-OH is 1. The van der Waals surface area contributed by atoms with Crippen molar-refractivity contribution in [2.24, 2.45) is 0 Å². The van der Waals surface area contributed by atoms with E-state index in [2.05, 4.69) is 98.9 Å². The molecule has 4 atom stereocenters. The molecule has 9 rings (SSSR count). The number of benzene rings is 6. The van der Waals surface area contributed by atoms with Crippen molar-refractivity contribution in [3.63, 3.8) is 0 Å². The third-order valence-corrected chi connectivity index (χ3v) is 11.7. The Labute approximate surface area is 351 Å². The van der Waals surface area contributed by atoms with Gasteiger partial charge in [0.15, 0.2) is 6.10 Å². The zero-order valence-electron chi connectivity index (χ0n) is 34.9. The summed E-state index contributed by atoms with van der Waals surface area (Å²) in [5.74, 6) is 0.0563. The Bertz CT molecular complexity index is 2460. The second kappa shape index (κ2) is 17.5. The van der Waals surface area contributed by atoms with Crippen molar-refractivity contribution in [3.05, 3.63) is 201 Å². The number of carbonyl (C=O) groups is 1. The quantitative estimate of drug-likeness (QED) is 0.150. The molecule has 1 saturated heterocycles. The van der Waals surface area contributed by atoms with Gasteiger partial charge in [0.25, 0.3) is 0 Å². The summed E-state index contributed by atoms with van der Waals surface area (Å²) in [5, 5.41) is 12.9. The predicted molar refractivity (Wildman–Crippen MR) is 235 cm³/mol. The Morgan fingerprint density at radius 3 is 1.77 bits per heavy atom. The number of aryl methyl sites for hydroxylation is 4. The second-order valence-electron chi connectivity index (χ2n) is 16.7. The first-order valence-corrected chi connectivity index (χ1v) is 20.6. The number of alkyl halides is 3. The third kappa shape index (κ3) is 9.20. The number of fused-ring (bicyclic) bond motifs is 2. The molecule has 3 aliphatic heterocycles. The Morgan fingerprint density at radius 1 is 0.700 bits per heavy atom. The molecule has 6 aromatic rings. The number of halogens is 3. The van der Waals surface area contributed by atoms with Gasteiger partial charge in [0.2, 0.25) is 5.91 Å². The maximum absolute atomic E-state index is 13.2. The van der Waals surface area contributed by atoms with Crippen molar-refractivity contribution in [1.82, 2.24) is 0 Å². The lowest BCUT2D eigenvalue weighted by atomic mass is 9.71. The van der Waals surface area contributed by atoms with Crippen molar-refractivity contribution >= 4 is 17.3 Å². The number of amides is 1. The number of ether oxygens (including phenoxy) is 1. The lowest BCUT2D eigenvalue weighted by Crippen LogP contribution is -2.44. The molecule has 0 aliphatic carbocycles. The minimum atomic E-state index is -4.65. The van der Waals surface area contributed by atoms with Crippen LogP contribution in [-0.4, -0.2) is 49.1 Å². The van der Waals surface area contributed by atoms with Crippen molar-refractivity contribution < 1.29 is 27.8 Å². The summed E-state index contributed by atoms with van der Waals surface area (Å²) >= 11 is 0. The van der Waals surface area contributed by atoms with E-state index in [4.69, 9.17) is 4.74 Å². The largest absolute Gasteiger partial charge is 0.416 e. The van der Waals surface area contributed by atoms with Crippen LogP contribution < -0.4 is 10.2 Å². The minimum absolute atomic E-state index is 0.0563. The molecule has 3 aliphatic rings. The predicted octanol–water partition coefficient (Wildman–Crippen LogP) is 10.8. The summed E-state index contributed by atoms with van der Waals surface area (Å²) in [6, 6.07) is 48.9. The van der Waals surface area contributed by atoms with E-state index in [1.807, 2.05) is 86.6 Å². The van der Waals surface area contributed by atoms with E-state index in [-0.39, 0.29) is 5.91 Å². The van der Waals surface area contributed by atoms with Gasteiger partial charge in [0.1, 0.15) is 5.41 Å². The zero-order chi connectivity index (χ0) is 42.7. The highest BCUT2D eigenvalue weighted by Gasteiger charge is 2.49. The van der Waals surface area contributed by atoms with E-state index < -0.39 is 29.7 Å². The van der Waals surface area contributed by atoms with Gasteiger partial charge in [0, 0.05) is 23.3 Å². The van der Waals surface area contributed by atoms with Gasteiger partial charge in [-0.1, -0.05) is 156 Å². The molecule has 3 unspecified atom stereocenters. The molecule has 0 spiro atoms. The fourth-order valence-corrected chi connectivity index (χ4v) is 8.75. The molecule has 5 nitrogen and oxygen atoms in total. The van der Waals surface area contributed by atoms with Gasteiger partial charge >= 0.3 is 6.18 Å². The average molecular weight is 811 g/mol. The first kappa shape index (κ1) is 42.4. The molecule has 1 amide bonds. The Hall–Kier alpha value is -5.70. The van der Waals surface area contributed by atoms with Crippen molar-refractivity contribution in [2.75, 3.05) is 29.9 Å². The number of para-hydroxylation sites is 2. The molecule has 60 heavy (non-hydrogen) atoms. The van der Waals surface area contributed by atoms with Crippen LogP contribution in [0, 0.1) is 27.7 Å². The highest BCUT2D eigenvalue weighted by atomic mass is 19.4. The van der Waals surface area contributed by atoms with Gasteiger partial charge in [-0.25, -0.2) is 0 Å². The number of nitrogens with one attached hydrogen (secondary N) is 1. The molecule has 3 heterocycles. The number of carbonyl (C=O) groups excluding carboxylic acids is 1. The number of hydrogen-bond donors (Lipinski definition) is 2. The molecule has 2 N–H and O–H groups in total. The summed E-state index contributed by atoms with van der Waals surface area (Å²) in [4.78, 5) is 14.9. The zero-order valence-corrected chi connectivity index (χ0v) is 34.9. The molecule has 0 saturated carbocycles. The van der Waals surface area contributed by atoms with Gasteiger partial charge in [-0.3, -0.25) is 4.79 Å². The average Bonchev–Trinajstić information content (AvgIpc) is 3.87. The molecule has 0 bridgehead atoms. The molecule has 8 heteroatoms. The van der Waals surface area contributed by atoms with E-state index in [9.17, 15) is 23.1 Å². The maximum atomic E-state index is 13.2. The van der Waals surface area contributed by atoms with E-state index in [1.54, 1.807) is 4.90 Å². The van der Waals surface area contributed by atoms with Crippen LogP contribution in [0.5, 0.6) is 0 Å². The Kier molecular flexibility index (Phi) is 12.4. The molecule has 0 aromatic heterocycles. The molecule has 6 aromatic carbocycles. The van der Waals surface area contributed by atoms with Gasteiger partial charge in [-0.2, -0.15) is 13.2 Å². The van der Waals surface area contributed by atoms with Crippen LogP contribution in [0.3, 0.4) is 0 Å². The number of anilines is 2. The number of nitrogens with zero attached hydrogens (tertiary/aromatic N) is 1. The number of rotatable bonds is 8. The van der Waals surface area contributed by atoms with Crippen LogP contribution in [0.4, 0.5) is 24.5 Å². The molecular weight excluding hydrogens is 758 g/mol. The standard InChI is InChI=1S/C26H26F3NO.C23H21NO.C3H6O/c1-18-7-5-9-20(13-18)15-25(21-10-6-8-19(2)14-21)17-30(16-24(31)26(27,28)29)23-12-4-3-11-22(23)25;1-16-7-5-9-18(13-16)15-23(19-10-6-8-17(2)14-19)20-11-3-4-12-21(20)24-22(23)25;1-3-2-4-3/h3-14,24,31H,15-17H2,1-2H3;3-14H,15H2,1-2H3,(H,24,25);3H,2H2,1H3/t24-,25?;;/m1../s1. The normalized spacial score (nSPS) is 20.4. The Morgan fingerprint density at radius 2 is 1.20 bits per heavy atom. The smallest absolute Gasteiger partial charge is 0.382 e.